The van der Waals surface area contributed by atoms with E-state index in [-0.39, 0.29) is 47.9 Å². The molecule has 0 amide bonds. The Labute approximate surface area is 298 Å². The van der Waals surface area contributed by atoms with Gasteiger partial charge in [0, 0.05) is 42.4 Å². The number of fused-ring (bicyclic) bond motifs is 3. The number of ketones is 1. The van der Waals surface area contributed by atoms with Gasteiger partial charge < -0.3 is 5.11 Å². The Morgan fingerprint density at radius 3 is 2.06 bits per heavy atom. The number of aryl methyl sites for hydroxylation is 1. The van der Waals surface area contributed by atoms with Crippen molar-refractivity contribution in [2.24, 2.45) is 16.7 Å². The standard InChI is InChI=1S/C27H29N2.C15H28O2.Ir/c1-17(2)12-20-9-7-8-19-10-11-23-25(28-16-29-26(23)24(19)20)21-13-18(3)14-22(15-21)27(4,5)6;1-7-14(5,8-2)12(16)11-13(17)15(6,9-3)10-4;/h7-11,14-17H,12H2,1-6H3;11,16H,7-10H2,1-6H3;/q-1;;/b;12-11-;. The molecule has 0 saturated heterocycles. The Balaban J connectivity index is 0.000000370. The maximum Gasteiger partial charge on any atom is 0.164 e. The van der Waals surface area contributed by atoms with E-state index in [1.807, 2.05) is 41.5 Å². The van der Waals surface area contributed by atoms with Crippen LogP contribution in [0.3, 0.4) is 0 Å². The Kier molecular flexibility index (Phi) is 14.1. The van der Waals surface area contributed by atoms with E-state index in [1.54, 1.807) is 6.33 Å². The molecule has 47 heavy (non-hydrogen) atoms. The first kappa shape index (κ1) is 40.3. The number of carbonyl (C=O) groups is 1. The van der Waals surface area contributed by atoms with Crippen LogP contribution >= 0.6 is 0 Å². The smallest absolute Gasteiger partial charge is 0.164 e. The van der Waals surface area contributed by atoms with Crippen LogP contribution in [0.15, 0.2) is 60.6 Å². The zero-order chi connectivity index (χ0) is 34.4. The summed E-state index contributed by atoms with van der Waals surface area (Å²) in [4.78, 5) is 21.6. The molecule has 1 heterocycles. The zero-order valence-electron chi connectivity index (χ0n) is 30.9. The van der Waals surface area contributed by atoms with Gasteiger partial charge in [0.1, 0.15) is 12.1 Å². The summed E-state index contributed by atoms with van der Waals surface area (Å²) in [6.45, 7) is 25.5. The maximum absolute atomic E-state index is 12.2. The van der Waals surface area contributed by atoms with Crippen LogP contribution in [0.25, 0.3) is 32.9 Å². The minimum Gasteiger partial charge on any atom is -0.512 e. The fourth-order valence-corrected chi connectivity index (χ4v) is 5.76. The molecule has 0 unspecified atom stereocenters. The minimum absolute atomic E-state index is 0. The summed E-state index contributed by atoms with van der Waals surface area (Å²) in [7, 11) is 0. The van der Waals surface area contributed by atoms with E-state index in [4.69, 9.17) is 9.97 Å². The number of aromatic nitrogens is 2. The van der Waals surface area contributed by atoms with Crippen LogP contribution in [0.2, 0.25) is 0 Å². The van der Waals surface area contributed by atoms with E-state index in [9.17, 15) is 9.90 Å². The van der Waals surface area contributed by atoms with Crippen molar-refractivity contribution in [2.45, 2.75) is 121 Å². The van der Waals surface area contributed by atoms with Gasteiger partial charge in [-0.2, -0.15) is 0 Å². The number of carbonyl (C=O) groups excluding carboxylic acids is 1. The van der Waals surface area contributed by atoms with Crippen molar-refractivity contribution < 1.29 is 30.0 Å². The van der Waals surface area contributed by atoms with Crippen molar-refractivity contribution in [3.05, 3.63) is 83.4 Å². The third-order valence-electron chi connectivity index (χ3n) is 10.1. The van der Waals surface area contributed by atoms with Crippen LogP contribution in [0.5, 0.6) is 0 Å². The first-order valence-corrected chi connectivity index (χ1v) is 17.2. The fraction of sp³-hybridized carbons (Fsp3) is 0.500. The predicted octanol–water partition coefficient (Wildman–Crippen LogP) is 11.7. The molecule has 4 nitrogen and oxygen atoms in total. The van der Waals surface area contributed by atoms with Crippen LogP contribution in [-0.4, -0.2) is 20.9 Å². The molecule has 1 N–H and O–H groups in total. The quantitative estimate of drug-likeness (QED) is 0.0750. The van der Waals surface area contributed by atoms with E-state index >= 15 is 0 Å². The van der Waals surface area contributed by atoms with Crippen molar-refractivity contribution in [1.29, 1.82) is 0 Å². The van der Waals surface area contributed by atoms with E-state index in [0.29, 0.717) is 5.92 Å². The van der Waals surface area contributed by atoms with E-state index in [0.717, 1.165) is 59.8 Å². The Hall–Kier alpha value is -2.88. The number of aliphatic hydroxyl groups is 1. The normalized spacial score (nSPS) is 12.6. The van der Waals surface area contributed by atoms with Crippen molar-refractivity contribution >= 4 is 27.5 Å². The summed E-state index contributed by atoms with van der Waals surface area (Å²) in [5.41, 5.74) is 6.32. The van der Waals surface area contributed by atoms with Crippen molar-refractivity contribution in [2.75, 3.05) is 0 Å². The molecule has 0 fully saturated rings. The third kappa shape index (κ3) is 9.39. The molecule has 0 spiro atoms. The Morgan fingerprint density at radius 2 is 1.51 bits per heavy atom. The topological polar surface area (TPSA) is 63.1 Å². The monoisotopic (exact) mass is 814 g/mol. The van der Waals surface area contributed by atoms with Gasteiger partial charge in [-0.05, 0) is 65.5 Å². The van der Waals surface area contributed by atoms with Crippen LogP contribution in [0, 0.1) is 29.7 Å². The molecule has 5 heteroatoms. The number of allylic oxidation sites excluding steroid dienone is 2. The number of hydrogen-bond donors (Lipinski definition) is 1. The summed E-state index contributed by atoms with van der Waals surface area (Å²) in [5, 5.41) is 13.7. The second-order valence-electron chi connectivity index (χ2n) is 14.9. The molecule has 0 aliphatic heterocycles. The van der Waals surface area contributed by atoms with E-state index < -0.39 is 0 Å². The summed E-state index contributed by atoms with van der Waals surface area (Å²) < 4.78 is 0. The molecule has 4 rings (SSSR count). The molecular formula is C42H57IrN2O2-. The van der Waals surface area contributed by atoms with Gasteiger partial charge in [-0.15, -0.1) is 34.9 Å². The summed E-state index contributed by atoms with van der Waals surface area (Å²) >= 11 is 0. The third-order valence-corrected chi connectivity index (χ3v) is 10.1. The SMILES string of the molecule is CCC(C)(CC)C(=O)/C=C(\O)C(C)(CC)CC.Cc1[c-]c(-c2ncnc3c2ccc2cccc(CC(C)C)c23)cc(C(C)(C)C)c1.[Ir]. The molecule has 3 aromatic carbocycles. The molecule has 0 aliphatic carbocycles. The van der Waals surface area contributed by atoms with Gasteiger partial charge in [0.15, 0.2) is 5.78 Å². The van der Waals surface area contributed by atoms with Crippen molar-refractivity contribution in [3.8, 4) is 11.3 Å². The van der Waals surface area contributed by atoms with Crippen LogP contribution in [-0.2, 0) is 36.7 Å². The van der Waals surface area contributed by atoms with E-state index in [1.165, 1.54) is 28.0 Å². The van der Waals surface area contributed by atoms with Gasteiger partial charge >= 0.3 is 0 Å². The van der Waals surface area contributed by atoms with Crippen molar-refractivity contribution in [3.63, 3.8) is 0 Å². The van der Waals surface area contributed by atoms with Gasteiger partial charge in [0.05, 0.1) is 5.52 Å². The van der Waals surface area contributed by atoms with Crippen LogP contribution in [0.4, 0.5) is 0 Å². The Morgan fingerprint density at radius 1 is 0.894 bits per heavy atom. The number of benzene rings is 3. The van der Waals surface area contributed by atoms with Crippen LogP contribution in [0.1, 0.15) is 119 Å². The zero-order valence-corrected chi connectivity index (χ0v) is 33.3. The molecule has 1 aromatic heterocycles. The molecule has 257 valence electrons. The molecule has 0 bridgehead atoms. The maximum atomic E-state index is 12.2. The molecular weight excluding hydrogens is 757 g/mol. The number of aliphatic hydroxyl groups excluding tert-OH is 1. The second kappa shape index (κ2) is 16.5. The van der Waals surface area contributed by atoms with Gasteiger partial charge in [-0.3, -0.25) is 9.78 Å². The van der Waals surface area contributed by atoms with Crippen molar-refractivity contribution in [1.82, 2.24) is 9.97 Å². The Bertz CT molecular complexity index is 1690. The van der Waals surface area contributed by atoms with Gasteiger partial charge in [0.25, 0.3) is 0 Å². The van der Waals surface area contributed by atoms with Gasteiger partial charge in [-0.1, -0.05) is 113 Å². The number of hydrogen-bond acceptors (Lipinski definition) is 4. The first-order valence-electron chi connectivity index (χ1n) is 17.2. The predicted molar refractivity (Wildman–Crippen MR) is 196 cm³/mol. The van der Waals surface area contributed by atoms with E-state index in [2.05, 4.69) is 90.1 Å². The minimum atomic E-state index is -0.337. The summed E-state index contributed by atoms with van der Waals surface area (Å²) in [6.07, 6.45) is 7.50. The molecule has 0 atom stereocenters. The summed E-state index contributed by atoms with van der Waals surface area (Å²) in [6, 6.07) is 18.9. The number of rotatable bonds is 10. The summed E-state index contributed by atoms with van der Waals surface area (Å²) in [5.74, 6) is 0.880. The fourth-order valence-electron chi connectivity index (χ4n) is 5.76. The average Bonchev–Trinajstić information content (AvgIpc) is 3.02. The molecule has 0 saturated carbocycles. The van der Waals surface area contributed by atoms with Gasteiger partial charge in [0.2, 0.25) is 0 Å². The number of nitrogens with zero attached hydrogens (tertiary/aromatic N) is 2. The first-order chi connectivity index (χ1) is 21.5. The molecule has 0 aliphatic rings. The second-order valence-corrected chi connectivity index (χ2v) is 14.9. The van der Waals surface area contributed by atoms with Crippen LogP contribution < -0.4 is 0 Å². The average molecular weight is 814 g/mol. The largest absolute Gasteiger partial charge is 0.512 e. The van der Waals surface area contributed by atoms with Gasteiger partial charge in [-0.25, -0.2) is 4.98 Å². The molecule has 1 radical (unpaired) electrons. The molecule has 4 aromatic rings.